The number of hydrogen-bond donors (Lipinski definition) is 1. The van der Waals surface area contributed by atoms with Gasteiger partial charge in [0.2, 0.25) is 0 Å². The van der Waals surface area contributed by atoms with Gasteiger partial charge in [-0.15, -0.1) is 11.3 Å². The van der Waals surface area contributed by atoms with Crippen LogP contribution >= 0.6 is 11.3 Å². The van der Waals surface area contributed by atoms with Crippen molar-refractivity contribution in [1.29, 1.82) is 0 Å². The lowest BCUT2D eigenvalue weighted by atomic mass is 10.1. The molecule has 1 aromatic heterocycles. The van der Waals surface area contributed by atoms with Crippen molar-refractivity contribution >= 4 is 21.4 Å². The van der Waals surface area contributed by atoms with Crippen molar-refractivity contribution in [2.24, 2.45) is 0 Å². The minimum absolute atomic E-state index is 0.399. The topological polar surface area (TPSA) is 58.6 Å². The van der Waals surface area contributed by atoms with Crippen LogP contribution in [0.3, 0.4) is 0 Å². The maximum Gasteiger partial charge on any atom is 0.252 e. The van der Waals surface area contributed by atoms with Crippen LogP contribution in [0.1, 0.15) is 26.3 Å². The third-order valence-electron chi connectivity index (χ3n) is 3.19. The molecule has 0 unspecified atom stereocenters. The summed E-state index contributed by atoms with van der Waals surface area (Å²) in [5.74, 6) is 0. The van der Waals surface area contributed by atoms with Gasteiger partial charge in [0.05, 0.1) is 12.2 Å². The highest BCUT2D eigenvalue weighted by Gasteiger charge is 2.35. The Balaban J connectivity index is 2.15. The van der Waals surface area contributed by atoms with Crippen molar-refractivity contribution in [1.82, 2.24) is 9.62 Å². The lowest BCUT2D eigenvalue weighted by Gasteiger charge is -2.37. The number of thiophene rings is 1. The van der Waals surface area contributed by atoms with E-state index in [1.165, 1.54) is 15.6 Å². The van der Waals surface area contributed by atoms with Crippen LogP contribution in [-0.2, 0) is 21.3 Å². The summed E-state index contributed by atoms with van der Waals surface area (Å²) in [5, 5.41) is 5.10. The Labute approximate surface area is 125 Å². The van der Waals surface area contributed by atoms with E-state index in [2.05, 4.69) is 5.32 Å². The van der Waals surface area contributed by atoms with Gasteiger partial charge in [0.25, 0.3) is 10.0 Å². The Kier molecular flexibility index (Phi) is 4.86. The number of morpholine rings is 1. The highest BCUT2D eigenvalue weighted by atomic mass is 32.2. The summed E-state index contributed by atoms with van der Waals surface area (Å²) < 4.78 is 32.8. The van der Waals surface area contributed by atoms with Crippen molar-refractivity contribution in [3.63, 3.8) is 0 Å². The van der Waals surface area contributed by atoms with Crippen LogP contribution in [0.5, 0.6) is 0 Å². The van der Waals surface area contributed by atoms with E-state index in [0.29, 0.717) is 30.5 Å². The first kappa shape index (κ1) is 15.9. The molecule has 1 aliphatic heterocycles. The van der Waals surface area contributed by atoms with Crippen molar-refractivity contribution in [3.8, 4) is 0 Å². The Morgan fingerprint density at radius 2 is 2.25 bits per heavy atom. The fourth-order valence-electron chi connectivity index (χ4n) is 2.16. The van der Waals surface area contributed by atoms with E-state index in [1.807, 2.05) is 26.2 Å². The second-order valence-electron chi connectivity index (χ2n) is 5.50. The van der Waals surface area contributed by atoms with Gasteiger partial charge >= 0.3 is 0 Å². The van der Waals surface area contributed by atoms with E-state index in [4.69, 9.17) is 4.74 Å². The predicted molar refractivity (Wildman–Crippen MR) is 80.5 cm³/mol. The molecule has 0 spiro atoms. The first-order valence-electron chi connectivity index (χ1n) is 6.77. The van der Waals surface area contributed by atoms with Crippen LogP contribution in [-0.4, -0.2) is 44.6 Å². The quantitative estimate of drug-likeness (QED) is 0.897. The van der Waals surface area contributed by atoms with E-state index < -0.39 is 15.6 Å². The van der Waals surface area contributed by atoms with Crippen molar-refractivity contribution in [2.75, 3.05) is 26.2 Å². The molecule has 1 N–H and O–H groups in total. The number of rotatable bonds is 5. The van der Waals surface area contributed by atoms with Gasteiger partial charge in [-0.1, -0.05) is 6.92 Å². The summed E-state index contributed by atoms with van der Waals surface area (Å²) in [4.78, 5) is 0. The van der Waals surface area contributed by atoms with Gasteiger partial charge in [0.15, 0.2) is 0 Å². The van der Waals surface area contributed by atoms with Crippen LogP contribution in [0, 0.1) is 0 Å². The van der Waals surface area contributed by atoms with E-state index in [-0.39, 0.29) is 0 Å². The van der Waals surface area contributed by atoms with Gasteiger partial charge in [0.1, 0.15) is 4.21 Å². The molecule has 0 saturated carbocycles. The Hall–Kier alpha value is -0.470. The zero-order chi connectivity index (χ0) is 14.8. The third kappa shape index (κ3) is 3.59. The number of nitrogens with one attached hydrogen (secondary N) is 1. The molecule has 114 valence electrons. The van der Waals surface area contributed by atoms with Gasteiger partial charge in [-0.05, 0) is 37.4 Å². The van der Waals surface area contributed by atoms with Crippen LogP contribution in [0.2, 0.25) is 0 Å². The van der Waals surface area contributed by atoms with Crippen LogP contribution < -0.4 is 5.32 Å². The number of sulfonamides is 1. The maximum absolute atomic E-state index is 12.6. The van der Waals surface area contributed by atoms with Crippen molar-refractivity contribution in [3.05, 3.63) is 17.0 Å². The fourth-order valence-corrected chi connectivity index (χ4v) is 5.09. The molecule has 0 amide bonds. The van der Waals surface area contributed by atoms with Gasteiger partial charge in [-0.25, -0.2) is 8.42 Å². The molecule has 7 heteroatoms. The summed E-state index contributed by atoms with van der Waals surface area (Å²) in [6.07, 6.45) is 0. The van der Waals surface area contributed by atoms with Crippen molar-refractivity contribution < 1.29 is 13.2 Å². The highest BCUT2D eigenvalue weighted by molar-refractivity contribution is 7.91. The molecule has 20 heavy (non-hydrogen) atoms. The molecule has 0 aliphatic carbocycles. The smallest absolute Gasteiger partial charge is 0.252 e. The summed E-state index contributed by atoms with van der Waals surface area (Å²) in [6, 6.07) is 1.77. The summed E-state index contributed by atoms with van der Waals surface area (Å²) in [7, 11) is -3.39. The van der Waals surface area contributed by atoms with Crippen LogP contribution in [0.15, 0.2) is 15.7 Å². The van der Waals surface area contributed by atoms with Gasteiger partial charge in [0, 0.05) is 19.6 Å². The molecule has 0 bridgehead atoms. The number of nitrogens with zero attached hydrogens (tertiary/aromatic N) is 1. The minimum Gasteiger partial charge on any atom is -0.373 e. The SMILES string of the molecule is CCNCc1csc(S(=O)(=O)N2CCOC(C)(C)C2)c1. The average molecular weight is 318 g/mol. The van der Waals surface area contributed by atoms with Gasteiger partial charge in [-0.3, -0.25) is 0 Å². The van der Waals surface area contributed by atoms with E-state index in [0.717, 1.165) is 12.1 Å². The van der Waals surface area contributed by atoms with Crippen molar-refractivity contribution in [2.45, 2.75) is 37.1 Å². The molecular formula is C13H22N2O3S2. The standard InChI is InChI=1S/C13H22N2O3S2/c1-4-14-8-11-7-12(19-9-11)20(16,17)15-5-6-18-13(2,3)10-15/h7,9,14H,4-6,8,10H2,1-3H3. The lowest BCUT2D eigenvalue weighted by Crippen LogP contribution is -2.50. The third-order valence-corrected chi connectivity index (χ3v) is 6.50. The highest BCUT2D eigenvalue weighted by Crippen LogP contribution is 2.27. The summed E-state index contributed by atoms with van der Waals surface area (Å²) in [6.45, 7) is 8.70. The molecule has 0 atom stereocenters. The predicted octanol–water partition coefficient (Wildman–Crippen LogP) is 1.66. The van der Waals surface area contributed by atoms with E-state index >= 15 is 0 Å². The molecule has 1 fully saturated rings. The Morgan fingerprint density at radius 1 is 1.50 bits per heavy atom. The average Bonchev–Trinajstić information content (AvgIpc) is 2.84. The molecule has 2 heterocycles. The summed E-state index contributed by atoms with van der Waals surface area (Å²) >= 11 is 1.29. The largest absolute Gasteiger partial charge is 0.373 e. The van der Waals surface area contributed by atoms with E-state index in [1.54, 1.807) is 6.07 Å². The second-order valence-corrected chi connectivity index (χ2v) is 8.58. The first-order valence-corrected chi connectivity index (χ1v) is 9.09. The fraction of sp³-hybridized carbons (Fsp3) is 0.692. The molecule has 2 rings (SSSR count). The molecule has 5 nitrogen and oxygen atoms in total. The number of hydrogen-bond acceptors (Lipinski definition) is 5. The first-order chi connectivity index (χ1) is 9.35. The number of ether oxygens (including phenoxy) is 1. The minimum atomic E-state index is -3.39. The molecule has 0 aromatic carbocycles. The molecular weight excluding hydrogens is 296 g/mol. The van der Waals surface area contributed by atoms with Crippen LogP contribution in [0.25, 0.3) is 0 Å². The zero-order valence-electron chi connectivity index (χ0n) is 12.2. The Bertz CT molecular complexity index is 552. The lowest BCUT2D eigenvalue weighted by molar-refractivity contribution is -0.0639. The normalized spacial score (nSPS) is 20.1. The maximum atomic E-state index is 12.6. The summed E-state index contributed by atoms with van der Waals surface area (Å²) in [5.41, 5.74) is 0.595. The van der Waals surface area contributed by atoms with Gasteiger partial charge < -0.3 is 10.1 Å². The molecule has 0 radical (unpaired) electrons. The van der Waals surface area contributed by atoms with Crippen LogP contribution in [0.4, 0.5) is 0 Å². The zero-order valence-corrected chi connectivity index (χ0v) is 13.8. The molecule has 1 aliphatic rings. The Morgan fingerprint density at radius 3 is 2.90 bits per heavy atom. The van der Waals surface area contributed by atoms with Gasteiger partial charge in [-0.2, -0.15) is 4.31 Å². The monoisotopic (exact) mass is 318 g/mol. The van der Waals surface area contributed by atoms with E-state index in [9.17, 15) is 8.42 Å². The molecule has 1 aromatic rings. The molecule has 1 saturated heterocycles. The second kappa shape index (κ2) is 6.11.